The summed E-state index contributed by atoms with van der Waals surface area (Å²) < 4.78 is 32.0. The zero-order valence-electron chi connectivity index (χ0n) is 20.0. The minimum absolute atomic E-state index is 0.140. The molecule has 186 valence electrons. The number of carbonyl (C=O) groups excluding carboxylic acids is 2. The van der Waals surface area contributed by atoms with Crippen molar-refractivity contribution < 1.29 is 22.7 Å². The van der Waals surface area contributed by atoms with Gasteiger partial charge in [0.25, 0.3) is 0 Å². The van der Waals surface area contributed by atoms with Crippen LogP contribution >= 0.6 is 15.9 Å². The molecule has 8 nitrogen and oxygen atoms in total. The standard InChI is InChI=1S/C24H32BrN3O5S/c1-5-6-14-26-24(30)18(2)27(16-19-10-12-22(33-3)13-11-19)23(29)17-28(34(4,31)32)21-9-7-8-20(25)15-21/h7-13,15,18H,5-6,14,16-17H2,1-4H3,(H,26,30)/t18-/m1/s1. The lowest BCUT2D eigenvalue weighted by atomic mass is 10.1. The number of unbranched alkanes of at least 4 members (excludes halogenated alkanes) is 1. The highest BCUT2D eigenvalue weighted by Crippen LogP contribution is 2.23. The van der Waals surface area contributed by atoms with Crippen molar-refractivity contribution in [1.82, 2.24) is 10.2 Å². The third-order valence-electron chi connectivity index (χ3n) is 5.28. The maximum absolute atomic E-state index is 13.5. The van der Waals surface area contributed by atoms with E-state index in [0.717, 1.165) is 29.0 Å². The average Bonchev–Trinajstić information content (AvgIpc) is 2.80. The normalized spacial score (nSPS) is 12.0. The number of sulfonamides is 1. The largest absolute Gasteiger partial charge is 0.497 e. The van der Waals surface area contributed by atoms with Crippen molar-refractivity contribution in [2.24, 2.45) is 0 Å². The van der Waals surface area contributed by atoms with Gasteiger partial charge in [-0.2, -0.15) is 0 Å². The minimum atomic E-state index is -3.76. The van der Waals surface area contributed by atoms with Gasteiger partial charge >= 0.3 is 0 Å². The summed E-state index contributed by atoms with van der Waals surface area (Å²) in [4.78, 5) is 27.7. The van der Waals surface area contributed by atoms with E-state index >= 15 is 0 Å². The van der Waals surface area contributed by atoms with Crippen molar-refractivity contribution in [3.8, 4) is 5.75 Å². The third-order valence-corrected chi connectivity index (χ3v) is 6.92. The molecule has 0 aliphatic heterocycles. The van der Waals surface area contributed by atoms with Gasteiger partial charge in [0.15, 0.2) is 0 Å². The molecule has 0 saturated heterocycles. The Bertz CT molecular complexity index is 1080. The van der Waals surface area contributed by atoms with Crippen LogP contribution in [0.3, 0.4) is 0 Å². The first-order valence-electron chi connectivity index (χ1n) is 11.0. The number of anilines is 1. The van der Waals surface area contributed by atoms with E-state index in [4.69, 9.17) is 4.74 Å². The number of ether oxygens (including phenoxy) is 1. The Morgan fingerprint density at radius 3 is 2.38 bits per heavy atom. The Balaban J connectivity index is 2.34. The summed E-state index contributed by atoms with van der Waals surface area (Å²) >= 11 is 3.34. The van der Waals surface area contributed by atoms with E-state index in [2.05, 4.69) is 21.2 Å². The van der Waals surface area contributed by atoms with Crippen LogP contribution in [0.15, 0.2) is 53.0 Å². The summed E-state index contributed by atoms with van der Waals surface area (Å²) in [5.74, 6) is -0.104. The van der Waals surface area contributed by atoms with Gasteiger partial charge in [0.05, 0.1) is 19.1 Å². The fourth-order valence-electron chi connectivity index (χ4n) is 3.29. The Morgan fingerprint density at radius 1 is 1.15 bits per heavy atom. The molecule has 0 aliphatic rings. The molecule has 2 amide bonds. The molecule has 0 aliphatic carbocycles. The molecule has 2 aromatic carbocycles. The highest BCUT2D eigenvalue weighted by Gasteiger charge is 2.30. The number of carbonyl (C=O) groups is 2. The summed E-state index contributed by atoms with van der Waals surface area (Å²) in [6.45, 7) is 3.89. The molecule has 2 rings (SSSR count). The third kappa shape index (κ3) is 8.02. The van der Waals surface area contributed by atoms with E-state index in [1.165, 1.54) is 4.90 Å². The predicted octanol–water partition coefficient (Wildman–Crippen LogP) is 3.56. The smallest absolute Gasteiger partial charge is 0.244 e. The first-order valence-corrected chi connectivity index (χ1v) is 13.6. The first kappa shape index (κ1) is 27.7. The fraction of sp³-hybridized carbons (Fsp3) is 0.417. The number of hydrogen-bond donors (Lipinski definition) is 1. The topological polar surface area (TPSA) is 96.0 Å². The number of amides is 2. The lowest BCUT2D eigenvalue weighted by Gasteiger charge is -2.31. The van der Waals surface area contributed by atoms with Gasteiger partial charge in [-0.05, 0) is 49.2 Å². The van der Waals surface area contributed by atoms with Crippen LogP contribution in [0.2, 0.25) is 0 Å². The number of nitrogens with zero attached hydrogens (tertiary/aromatic N) is 2. The summed E-state index contributed by atoms with van der Waals surface area (Å²) in [7, 11) is -2.20. The van der Waals surface area contributed by atoms with Crippen molar-refractivity contribution in [1.29, 1.82) is 0 Å². The molecule has 0 aromatic heterocycles. The molecular weight excluding hydrogens is 522 g/mol. The van der Waals surface area contributed by atoms with E-state index < -0.39 is 28.5 Å². The molecule has 2 aromatic rings. The Labute approximate surface area is 210 Å². The van der Waals surface area contributed by atoms with E-state index in [9.17, 15) is 18.0 Å². The first-order chi connectivity index (χ1) is 16.1. The second-order valence-electron chi connectivity index (χ2n) is 7.94. The number of methoxy groups -OCH3 is 1. The van der Waals surface area contributed by atoms with Crippen LogP contribution in [-0.2, 0) is 26.2 Å². The Morgan fingerprint density at radius 2 is 1.82 bits per heavy atom. The van der Waals surface area contributed by atoms with Gasteiger partial charge in [-0.25, -0.2) is 8.42 Å². The van der Waals surface area contributed by atoms with Crippen molar-refractivity contribution >= 4 is 43.5 Å². The van der Waals surface area contributed by atoms with Crippen LogP contribution < -0.4 is 14.4 Å². The van der Waals surface area contributed by atoms with Gasteiger partial charge in [0.1, 0.15) is 18.3 Å². The van der Waals surface area contributed by atoms with Gasteiger partial charge < -0.3 is 15.0 Å². The van der Waals surface area contributed by atoms with Gasteiger partial charge in [0.2, 0.25) is 21.8 Å². The maximum Gasteiger partial charge on any atom is 0.244 e. The second kappa shape index (κ2) is 12.8. The van der Waals surface area contributed by atoms with Gasteiger partial charge in [0, 0.05) is 17.6 Å². The van der Waals surface area contributed by atoms with E-state index in [-0.39, 0.29) is 12.5 Å². The predicted molar refractivity (Wildman–Crippen MR) is 137 cm³/mol. The van der Waals surface area contributed by atoms with Crippen LogP contribution in [0.5, 0.6) is 5.75 Å². The molecule has 1 atom stereocenters. The quantitative estimate of drug-likeness (QED) is 0.405. The molecule has 1 N–H and O–H groups in total. The van der Waals surface area contributed by atoms with Crippen molar-refractivity contribution in [2.75, 3.05) is 30.8 Å². The van der Waals surface area contributed by atoms with Gasteiger partial charge in [-0.1, -0.05) is 47.5 Å². The average molecular weight is 555 g/mol. The van der Waals surface area contributed by atoms with Crippen LogP contribution in [0, 0.1) is 0 Å². The van der Waals surface area contributed by atoms with E-state index in [0.29, 0.717) is 22.5 Å². The summed E-state index contributed by atoms with van der Waals surface area (Å²) in [6, 6.07) is 13.1. The molecule has 0 heterocycles. The number of hydrogen-bond acceptors (Lipinski definition) is 5. The highest BCUT2D eigenvalue weighted by molar-refractivity contribution is 9.10. The van der Waals surface area contributed by atoms with E-state index in [1.807, 2.05) is 19.1 Å². The zero-order chi connectivity index (χ0) is 25.3. The second-order valence-corrected chi connectivity index (χ2v) is 10.8. The van der Waals surface area contributed by atoms with Crippen LogP contribution in [0.1, 0.15) is 32.3 Å². The Hall–Kier alpha value is -2.59. The van der Waals surface area contributed by atoms with Gasteiger partial charge in [-0.15, -0.1) is 0 Å². The molecule has 34 heavy (non-hydrogen) atoms. The lowest BCUT2D eigenvalue weighted by molar-refractivity contribution is -0.139. The van der Waals surface area contributed by atoms with Gasteiger partial charge in [-0.3, -0.25) is 13.9 Å². The minimum Gasteiger partial charge on any atom is -0.497 e. The Kier molecular flexibility index (Phi) is 10.4. The molecule has 0 radical (unpaired) electrons. The molecule has 0 unspecified atom stereocenters. The monoisotopic (exact) mass is 553 g/mol. The van der Waals surface area contributed by atoms with Crippen molar-refractivity contribution in [3.05, 3.63) is 58.6 Å². The summed E-state index contributed by atoms with van der Waals surface area (Å²) in [6.07, 6.45) is 2.81. The number of rotatable bonds is 12. The molecule has 0 spiro atoms. The molecular formula is C24H32BrN3O5S. The van der Waals surface area contributed by atoms with E-state index in [1.54, 1.807) is 50.4 Å². The van der Waals surface area contributed by atoms with Crippen LogP contribution in [-0.4, -0.2) is 57.6 Å². The molecule has 0 fully saturated rings. The van der Waals surface area contributed by atoms with Crippen LogP contribution in [0.4, 0.5) is 5.69 Å². The summed E-state index contributed by atoms with van der Waals surface area (Å²) in [5, 5.41) is 2.85. The highest BCUT2D eigenvalue weighted by atomic mass is 79.9. The van der Waals surface area contributed by atoms with Crippen LogP contribution in [0.25, 0.3) is 0 Å². The zero-order valence-corrected chi connectivity index (χ0v) is 22.4. The molecule has 0 bridgehead atoms. The summed E-state index contributed by atoms with van der Waals surface area (Å²) in [5.41, 5.74) is 1.14. The van der Waals surface area contributed by atoms with Crippen molar-refractivity contribution in [3.63, 3.8) is 0 Å². The fourth-order valence-corrected chi connectivity index (χ4v) is 4.52. The number of nitrogens with one attached hydrogen (secondary N) is 1. The van der Waals surface area contributed by atoms with Crippen molar-refractivity contribution in [2.45, 2.75) is 39.3 Å². The molecule has 0 saturated carbocycles. The molecule has 10 heteroatoms. The number of halogens is 1. The number of benzene rings is 2. The lowest BCUT2D eigenvalue weighted by Crippen LogP contribution is -2.51. The maximum atomic E-state index is 13.5. The SMILES string of the molecule is CCCCNC(=O)[C@@H](C)N(Cc1ccc(OC)cc1)C(=O)CN(c1cccc(Br)c1)S(C)(=O)=O.